The molecule has 5 rings (SSSR count). The lowest BCUT2D eigenvalue weighted by molar-refractivity contribution is 0.884. The number of benzene rings is 3. The standard InChI is InChI=1S/C22H16ClN5S/c23-17-11-5-4-10-16(17)21-26-27-22(28(21)15-8-2-1-3-9-15)29-14-20-24-18-12-6-7-13-19(18)25-20/h1-13H,14H2,(H,24,25). The van der Waals surface area contributed by atoms with E-state index < -0.39 is 0 Å². The predicted octanol–water partition coefficient (Wildman–Crippen LogP) is 5.76. The van der Waals surface area contributed by atoms with Crippen LogP contribution in [0.5, 0.6) is 0 Å². The first kappa shape index (κ1) is 18.0. The summed E-state index contributed by atoms with van der Waals surface area (Å²) in [7, 11) is 0. The molecule has 0 unspecified atom stereocenters. The number of aromatic amines is 1. The number of para-hydroxylation sites is 3. The minimum Gasteiger partial charge on any atom is -0.341 e. The number of nitrogens with zero attached hydrogens (tertiary/aromatic N) is 4. The Kier molecular flexibility index (Phi) is 4.79. The van der Waals surface area contributed by atoms with E-state index in [1.54, 1.807) is 11.8 Å². The van der Waals surface area contributed by atoms with Crippen molar-refractivity contribution in [2.45, 2.75) is 10.9 Å². The second kappa shape index (κ2) is 7.73. The fraction of sp³-hybridized carbons (Fsp3) is 0.0455. The van der Waals surface area contributed by atoms with Crippen molar-refractivity contribution in [1.29, 1.82) is 0 Å². The van der Waals surface area contributed by atoms with Crippen molar-refractivity contribution < 1.29 is 0 Å². The van der Waals surface area contributed by atoms with E-state index in [0.29, 0.717) is 16.6 Å². The number of thioether (sulfide) groups is 1. The van der Waals surface area contributed by atoms with Crippen LogP contribution in [-0.2, 0) is 5.75 Å². The van der Waals surface area contributed by atoms with Gasteiger partial charge >= 0.3 is 0 Å². The Morgan fingerprint density at radius 2 is 1.62 bits per heavy atom. The summed E-state index contributed by atoms with van der Waals surface area (Å²) in [4.78, 5) is 8.02. The van der Waals surface area contributed by atoms with Crippen LogP contribution in [0.2, 0.25) is 5.02 Å². The Morgan fingerprint density at radius 1 is 0.862 bits per heavy atom. The summed E-state index contributed by atoms with van der Waals surface area (Å²) in [5, 5.41) is 10.3. The van der Waals surface area contributed by atoms with E-state index in [-0.39, 0.29) is 0 Å². The van der Waals surface area contributed by atoms with Crippen LogP contribution in [0.15, 0.2) is 84.0 Å². The van der Waals surface area contributed by atoms with Crippen molar-refractivity contribution >= 4 is 34.4 Å². The Morgan fingerprint density at radius 3 is 2.45 bits per heavy atom. The van der Waals surface area contributed by atoms with Gasteiger partial charge in [0.2, 0.25) is 0 Å². The fourth-order valence-corrected chi connectivity index (χ4v) is 4.24. The van der Waals surface area contributed by atoms with Crippen LogP contribution >= 0.6 is 23.4 Å². The molecule has 0 saturated carbocycles. The van der Waals surface area contributed by atoms with Gasteiger partial charge in [-0.3, -0.25) is 4.57 Å². The summed E-state index contributed by atoms with van der Waals surface area (Å²) in [5.74, 6) is 2.27. The normalized spacial score (nSPS) is 11.2. The molecule has 1 N–H and O–H groups in total. The minimum absolute atomic E-state index is 0.644. The summed E-state index contributed by atoms with van der Waals surface area (Å²) in [6.07, 6.45) is 0. The van der Waals surface area contributed by atoms with Gasteiger partial charge in [-0.15, -0.1) is 10.2 Å². The van der Waals surface area contributed by atoms with E-state index >= 15 is 0 Å². The highest BCUT2D eigenvalue weighted by atomic mass is 35.5. The third kappa shape index (κ3) is 3.52. The summed E-state index contributed by atoms with van der Waals surface area (Å²) in [5.41, 5.74) is 3.83. The highest BCUT2D eigenvalue weighted by Gasteiger charge is 2.18. The van der Waals surface area contributed by atoms with Crippen LogP contribution in [0.4, 0.5) is 0 Å². The quantitative estimate of drug-likeness (QED) is 0.369. The molecule has 3 aromatic carbocycles. The van der Waals surface area contributed by atoms with Crippen molar-refractivity contribution in [1.82, 2.24) is 24.7 Å². The number of halogens is 1. The first-order valence-corrected chi connectivity index (χ1v) is 10.5. The van der Waals surface area contributed by atoms with Crippen molar-refractivity contribution in [3.8, 4) is 17.1 Å². The van der Waals surface area contributed by atoms with E-state index in [1.807, 2.05) is 83.4 Å². The Bertz CT molecular complexity index is 1250. The third-order valence-electron chi connectivity index (χ3n) is 4.54. The molecule has 142 valence electrons. The lowest BCUT2D eigenvalue weighted by Gasteiger charge is -2.10. The van der Waals surface area contributed by atoms with E-state index in [4.69, 9.17) is 11.6 Å². The van der Waals surface area contributed by atoms with Crippen LogP contribution in [0.1, 0.15) is 5.82 Å². The molecule has 2 heterocycles. The molecule has 0 spiro atoms. The molecule has 7 heteroatoms. The van der Waals surface area contributed by atoms with Gasteiger partial charge in [0.1, 0.15) is 5.82 Å². The highest BCUT2D eigenvalue weighted by molar-refractivity contribution is 7.98. The molecular weight excluding hydrogens is 402 g/mol. The zero-order valence-corrected chi connectivity index (χ0v) is 16.9. The first-order chi connectivity index (χ1) is 14.3. The monoisotopic (exact) mass is 417 g/mol. The van der Waals surface area contributed by atoms with Gasteiger partial charge in [-0.25, -0.2) is 4.98 Å². The number of nitrogens with one attached hydrogen (secondary N) is 1. The number of rotatable bonds is 5. The number of aromatic nitrogens is 5. The van der Waals surface area contributed by atoms with Gasteiger partial charge in [-0.05, 0) is 36.4 Å². The molecule has 0 aliphatic carbocycles. The Labute approximate surface area is 176 Å². The maximum atomic E-state index is 6.44. The number of hydrogen-bond acceptors (Lipinski definition) is 4. The van der Waals surface area contributed by atoms with Gasteiger partial charge in [0.15, 0.2) is 11.0 Å². The topological polar surface area (TPSA) is 59.4 Å². The van der Waals surface area contributed by atoms with Crippen LogP contribution in [0.25, 0.3) is 28.1 Å². The van der Waals surface area contributed by atoms with Crippen LogP contribution in [0.3, 0.4) is 0 Å². The van der Waals surface area contributed by atoms with E-state index in [2.05, 4.69) is 20.2 Å². The number of fused-ring (bicyclic) bond motifs is 1. The summed E-state index contributed by atoms with van der Waals surface area (Å²) < 4.78 is 2.04. The molecular formula is C22H16ClN5S. The molecule has 5 nitrogen and oxygen atoms in total. The van der Waals surface area contributed by atoms with Gasteiger partial charge in [0.25, 0.3) is 0 Å². The van der Waals surface area contributed by atoms with Crippen LogP contribution in [0, 0.1) is 0 Å². The number of H-pyrrole nitrogens is 1. The molecule has 5 aromatic rings. The molecule has 0 aliphatic heterocycles. The maximum Gasteiger partial charge on any atom is 0.196 e. The Hall–Kier alpha value is -3.09. The molecule has 29 heavy (non-hydrogen) atoms. The highest BCUT2D eigenvalue weighted by Crippen LogP contribution is 2.32. The summed E-state index contributed by atoms with van der Waals surface area (Å²) >= 11 is 8.03. The van der Waals surface area contributed by atoms with Gasteiger partial charge in [0.05, 0.1) is 21.8 Å². The van der Waals surface area contributed by atoms with E-state index in [1.165, 1.54) is 0 Å². The predicted molar refractivity (Wildman–Crippen MR) is 117 cm³/mol. The third-order valence-corrected chi connectivity index (χ3v) is 5.81. The maximum absolute atomic E-state index is 6.44. The zero-order chi connectivity index (χ0) is 19.6. The van der Waals surface area contributed by atoms with E-state index in [9.17, 15) is 0 Å². The van der Waals surface area contributed by atoms with Crippen molar-refractivity contribution in [2.24, 2.45) is 0 Å². The van der Waals surface area contributed by atoms with Crippen molar-refractivity contribution in [3.05, 3.63) is 89.7 Å². The second-order valence-corrected chi connectivity index (χ2v) is 7.80. The molecule has 2 aromatic heterocycles. The summed E-state index contributed by atoms with van der Waals surface area (Å²) in [6, 6.07) is 25.8. The van der Waals surface area contributed by atoms with E-state index in [0.717, 1.165) is 33.3 Å². The molecule has 0 amide bonds. The van der Waals surface area contributed by atoms with Crippen LogP contribution in [-0.4, -0.2) is 24.7 Å². The lowest BCUT2D eigenvalue weighted by atomic mass is 10.2. The molecule has 0 aliphatic rings. The average Bonchev–Trinajstić information content (AvgIpc) is 3.37. The SMILES string of the molecule is Clc1ccccc1-c1nnc(SCc2nc3ccccc3[nH]2)n1-c1ccccc1. The lowest BCUT2D eigenvalue weighted by Crippen LogP contribution is -2.00. The van der Waals surface area contributed by atoms with Gasteiger partial charge in [0, 0.05) is 11.3 Å². The number of imidazole rings is 1. The van der Waals surface area contributed by atoms with Crippen LogP contribution < -0.4 is 0 Å². The average molecular weight is 418 g/mol. The molecule has 0 fully saturated rings. The molecule has 0 saturated heterocycles. The second-order valence-electron chi connectivity index (χ2n) is 6.45. The molecule has 0 bridgehead atoms. The molecule has 0 radical (unpaired) electrons. The van der Waals surface area contributed by atoms with Crippen molar-refractivity contribution in [2.75, 3.05) is 0 Å². The van der Waals surface area contributed by atoms with Gasteiger partial charge in [-0.1, -0.05) is 65.8 Å². The van der Waals surface area contributed by atoms with Crippen molar-refractivity contribution in [3.63, 3.8) is 0 Å². The summed E-state index contributed by atoms with van der Waals surface area (Å²) in [6.45, 7) is 0. The molecule has 0 atom stereocenters. The van der Waals surface area contributed by atoms with Gasteiger partial charge < -0.3 is 4.98 Å². The van der Waals surface area contributed by atoms with Gasteiger partial charge in [-0.2, -0.15) is 0 Å². The smallest absolute Gasteiger partial charge is 0.196 e. The largest absolute Gasteiger partial charge is 0.341 e. The Balaban J connectivity index is 1.53. The zero-order valence-electron chi connectivity index (χ0n) is 15.3. The first-order valence-electron chi connectivity index (χ1n) is 9.12. The number of hydrogen-bond donors (Lipinski definition) is 1. The fourth-order valence-electron chi connectivity index (χ4n) is 3.20. The minimum atomic E-state index is 0.644.